The van der Waals surface area contributed by atoms with E-state index in [0.717, 1.165) is 11.1 Å². The summed E-state index contributed by atoms with van der Waals surface area (Å²) in [5, 5.41) is 0. The Kier molecular flexibility index (Phi) is 7.81. The molecular formula is C20H28O5. The molecule has 5 heteroatoms. The minimum absolute atomic E-state index is 0.187. The Morgan fingerprint density at radius 1 is 1.04 bits per heavy atom. The van der Waals surface area contributed by atoms with Crippen molar-refractivity contribution in [3.63, 3.8) is 0 Å². The van der Waals surface area contributed by atoms with Crippen LogP contribution in [-0.4, -0.2) is 29.9 Å². The first kappa shape index (κ1) is 20.9. The molecule has 1 aromatic carbocycles. The molecule has 0 aliphatic heterocycles. The minimum Gasteiger partial charge on any atom is -0.466 e. The zero-order valence-electron chi connectivity index (χ0n) is 15.8. The molecular weight excluding hydrogens is 320 g/mol. The second-order valence-corrected chi connectivity index (χ2v) is 7.03. The van der Waals surface area contributed by atoms with E-state index in [4.69, 9.17) is 9.47 Å². The summed E-state index contributed by atoms with van der Waals surface area (Å²) in [6.45, 7) is 8.90. The highest BCUT2D eigenvalue weighted by Gasteiger charge is 2.28. The number of esters is 2. The molecule has 0 N–H and O–H groups in total. The summed E-state index contributed by atoms with van der Waals surface area (Å²) in [5.41, 5.74) is 1.26. The Morgan fingerprint density at radius 3 is 2.08 bits per heavy atom. The van der Waals surface area contributed by atoms with Gasteiger partial charge in [-0.2, -0.15) is 0 Å². The Balaban J connectivity index is 2.63. The molecule has 5 nitrogen and oxygen atoms in total. The van der Waals surface area contributed by atoms with E-state index in [1.165, 1.54) is 6.92 Å². The van der Waals surface area contributed by atoms with Gasteiger partial charge in [0.25, 0.3) is 0 Å². The standard InChI is InChI=1S/C20H28O5/c1-6-24-18(22)13-16-9-7-15(8-10-16)11-12-17(14(2)21)19(23)25-20(3,4)5/h7-10,17H,6,11-13H2,1-5H3. The summed E-state index contributed by atoms with van der Waals surface area (Å²) < 4.78 is 10.2. The van der Waals surface area contributed by atoms with Crippen LogP contribution >= 0.6 is 0 Å². The lowest BCUT2D eigenvalue weighted by molar-refractivity contribution is -0.162. The molecule has 0 aliphatic rings. The molecule has 0 saturated heterocycles. The van der Waals surface area contributed by atoms with Gasteiger partial charge in [0.15, 0.2) is 0 Å². The first-order valence-electron chi connectivity index (χ1n) is 8.59. The maximum atomic E-state index is 12.2. The average molecular weight is 348 g/mol. The average Bonchev–Trinajstić information content (AvgIpc) is 2.47. The zero-order valence-corrected chi connectivity index (χ0v) is 15.8. The fourth-order valence-corrected chi connectivity index (χ4v) is 2.37. The van der Waals surface area contributed by atoms with Crippen molar-refractivity contribution < 1.29 is 23.9 Å². The van der Waals surface area contributed by atoms with Gasteiger partial charge >= 0.3 is 11.9 Å². The highest BCUT2D eigenvalue weighted by atomic mass is 16.6. The first-order chi connectivity index (χ1) is 11.6. The number of ketones is 1. The molecule has 0 radical (unpaired) electrons. The Morgan fingerprint density at radius 2 is 1.60 bits per heavy atom. The van der Waals surface area contributed by atoms with Crippen LogP contribution in [0.25, 0.3) is 0 Å². The highest BCUT2D eigenvalue weighted by molar-refractivity contribution is 5.97. The molecule has 0 fully saturated rings. The summed E-state index contributed by atoms with van der Waals surface area (Å²) in [6.07, 6.45) is 1.23. The largest absolute Gasteiger partial charge is 0.466 e. The van der Waals surface area contributed by atoms with Crippen LogP contribution in [0.15, 0.2) is 24.3 Å². The third kappa shape index (κ3) is 7.96. The number of hydrogen-bond acceptors (Lipinski definition) is 5. The molecule has 0 saturated carbocycles. The van der Waals surface area contributed by atoms with Crippen LogP contribution in [0.4, 0.5) is 0 Å². The van der Waals surface area contributed by atoms with Crippen LogP contribution in [0, 0.1) is 5.92 Å². The number of carbonyl (C=O) groups excluding carboxylic acids is 3. The molecule has 138 valence electrons. The topological polar surface area (TPSA) is 69.7 Å². The normalized spacial score (nSPS) is 12.4. The quantitative estimate of drug-likeness (QED) is 0.533. The van der Waals surface area contributed by atoms with E-state index in [2.05, 4.69) is 0 Å². The summed E-state index contributed by atoms with van der Waals surface area (Å²) in [5.74, 6) is -1.66. The lowest BCUT2D eigenvalue weighted by Crippen LogP contribution is -2.32. The number of carbonyl (C=O) groups is 3. The van der Waals surface area contributed by atoms with Crippen molar-refractivity contribution in [2.45, 2.75) is 59.5 Å². The van der Waals surface area contributed by atoms with Crippen molar-refractivity contribution >= 4 is 17.7 Å². The Labute approximate surface area is 149 Å². The molecule has 1 rings (SSSR count). The van der Waals surface area contributed by atoms with Gasteiger partial charge in [0, 0.05) is 0 Å². The lowest BCUT2D eigenvalue weighted by atomic mass is 9.95. The predicted octanol–water partition coefficient (Wildman–Crippen LogP) is 3.27. The van der Waals surface area contributed by atoms with E-state index in [1.807, 2.05) is 24.3 Å². The van der Waals surface area contributed by atoms with Gasteiger partial charge in [0.2, 0.25) is 0 Å². The molecule has 1 atom stereocenters. The smallest absolute Gasteiger partial charge is 0.316 e. The summed E-state index contributed by atoms with van der Waals surface area (Å²) in [4.78, 5) is 35.4. The van der Waals surface area contributed by atoms with Crippen LogP contribution in [0.1, 0.15) is 52.2 Å². The third-order valence-corrected chi connectivity index (χ3v) is 3.58. The SMILES string of the molecule is CCOC(=O)Cc1ccc(CCC(C(C)=O)C(=O)OC(C)(C)C)cc1. The van der Waals surface area contributed by atoms with Crippen LogP contribution < -0.4 is 0 Å². The summed E-state index contributed by atoms with van der Waals surface area (Å²) in [6, 6.07) is 7.53. The van der Waals surface area contributed by atoms with Gasteiger partial charge < -0.3 is 9.47 Å². The van der Waals surface area contributed by atoms with Gasteiger partial charge in [-0.1, -0.05) is 24.3 Å². The van der Waals surface area contributed by atoms with Crippen molar-refractivity contribution in [1.82, 2.24) is 0 Å². The zero-order chi connectivity index (χ0) is 19.0. The monoisotopic (exact) mass is 348 g/mol. The second-order valence-electron chi connectivity index (χ2n) is 7.03. The van der Waals surface area contributed by atoms with Crippen LogP contribution in [0.2, 0.25) is 0 Å². The molecule has 0 heterocycles. The lowest BCUT2D eigenvalue weighted by Gasteiger charge is -2.22. The number of Topliss-reactive ketones (excluding diaryl/α,β-unsaturated/α-hetero) is 1. The van der Waals surface area contributed by atoms with E-state index < -0.39 is 17.5 Å². The van der Waals surface area contributed by atoms with Gasteiger partial charge in [0.1, 0.15) is 17.3 Å². The van der Waals surface area contributed by atoms with E-state index in [0.29, 0.717) is 19.4 Å². The maximum Gasteiger partial charge on any atom is 0.316 e. The van der Waals surface area contributed by atoms with Gasteiger partial charge in [0.05, 0.1) is 13.0 Å². The predicted molar refractivity (Wildman–Crippen MR) is 95.1 cm³/mol. The fraction of sp³-hybridized carbons (Fsp3) is 0.550. The van der Waals surface area contributed by atoms with Crippen LogP contribution in [0.5, 0.6) is 0 Å². The van der Waals surface area contributed by atoms with Crippen molar-refractivity contribution in [3.8, 4) is 0 Å². The molecule has 0 bridgehead atoms. The molecule has 1 aromatic rings. The minimum atomic E-state index is -0.751. The van der Waals surface area contributed by atoms with E-state index >= 15 is 0 Å². The highest BCUT2D eigenvalue weighted by Crippen LogP contribution is 2.18. The van der Waals surface area contributed by atoms with Gasteiger partial charge in [-0.15, -0.1) is 0 Å². The first-order valence-corrected chi connectivity index (χ1v) is 8.59. The van der Waals surface area contributed by atoms with Gasteiger partial charge in [-0.3, -0.25) is 14.4 Å². The Bertz CT molecular complexity index is 596. The van der Waals surface area contributed by atoms with Gasteiger partial charge in [-0.25, -0.2) is 0 Å². The van der Waals surface area contributed by atoms with Crippen molar-refractivity contribution in [3.05, 3.63) is 35.4 Å². The number of rotatable bonds is 8. The van der Waals surface area contributed by atoms with E-state index in [9.17, 15) is 14.4 Å². The molecule has 0 aliphatic carbocycles. The second kappa shape index (κ2) is 9.35. The Hall–Kier alpha value is -2.17. The summed E-state index contributed by atoms with van der Waals surface area (Å²) in [7, 11) is 0. The van der Waals surface area contributed by atoms with E-state index in [-0.39, 0.29) is 18.2 Å². The number of ether oxygens (including phenoxy) is 2. The van der Waals surface area contributed by atoms with Crippen LogP contribution in [-0.2, 0) is 36.7 Å². The number of aryl methyl sites for hydroxylation is 1. The van der Waals surface area contributed by atoms with Gasteiger partial charge in [-0.05, 0) is 58.6 Å². The van der Waals surface area contributed by atoms with E-state index in [1.54, 1.807) is 27.7 Å². The molecule has 0 amide bonds. The van der Waals surface area contributed by atoms with Crippen molar-refractivity contribution in [2.75, 3.05) is 6.61 Å². The van der Waals surface area contributed by atoms with Crippen LogP contribution in [0.3, 0.4) is 0 Å². The molecule has 25 heavy (non-hydrogen) atoms. The number of hydrogen-bond donors (Lipinski definition) is 0. The molecule has 1 unspecified atom stereocenters. The fourth-order valence-electron chi connectivity index (χ4n) is 2.37. The summed E-state index contributed by atoms with van der Waals surface area (Å²) >= 11 is 0. The van der Waals surface area contributed by atoms with Crippen molar-refractivity contribution in [2.24, 2.45) is 5.92 Å². The number of benzene rings is 1. The van der Waals surface area contributed by atoms with Crippen molar-refractivity contribution in [1.29, 1.82) is 0 Å². The molecule has 0 aromatic heterocycles. The third-order valence-electron chi connectivity index (χ3n) is 3.58. The molecule has 0 spiro atoms. The maximum absolute atomic E-state index is 12.2.